The Bertz CT molecular complexity index is 3510. The maximum absolute atomic E-state index is 6.63. The van der Waals surface area contributed by atoms with Crippen LogP contribution in [0.15, 0.2) is 247 Å². The standard InChI is InChI=1S/C61H40N2O2/c1-3-18-42(19-4-1)62(43-20-5-2-6-21-43)44-33-35-45(36-34-44)63(46-22-15-17-41(39-46)48-25-16-26-51-50-24-8-12-30-57(50)65-60(48)51)47-37-38-54-52(40-47)49-23-7-9-27-53(49)61(54)55-28-10-13-31-58(55)64-59-32-14-11-29-56(59)61/h1-40H. The summed E-state index contributed by atoms with van der Waals surface area (Å²) in [6, 6.07) is 86.7. The number of furan rings is 1. The number of anilines is 6. The first-order valence-electron chi connectivity index (χ1n) is 22.2. The number of benzene rings is 10. The molecule has 2 heterocycles. The van der Waals surface area contributed by atoms with E-state index in [4.69, 9.17) is 9.15 Å². The first kappa shape index (κ1) is 37.0. The average molecular weight is 833 g/mol. The topological polar surface area (TPSA) is 28.9 Å². The molecular formula is C61H40N2O2. The van der Waals surface area contributed by atoms with Gasteiger partial charge in [0.25, 0.3) is 0 Å². The number of nitrogens with zero attached hydrogens (tertiary/aromatic N) is 2. The quantitative estimate of drug-likeness (QED) is 0.160. The van der Waals surface area contributed by atoms with Crippen molar-refractivity contribution in [3.63, 3.8) is 0 Å². The molecule has 306 valence electrons. The van der Waals surface area contributed by atoms with Gasteiger partial charge in [0.1, 0.15) is 22.7 Å². The van der Waals surface area contributed by atoms with Crippen LogP contribution < -0.4 is 14.5 Å². The molecule has 2 aliphatic rings. The number of hydrogen-bond acceptors (Lipinski definition) is 4. The summed E-state index contributed by atoms with van der Waals surface area (Å²) in [5.74, 6) is 1.77. The SMILES string of the molecule is c1ccc(N(c2ccccc2)c2ccc(N(c3cccc(-c4cccc5c4oc4ccccc45)c3)c3ccc4c(c3)-c3ccccc3C43c4ccccc4Oc4ccccc43)cc2)cc1. The number of para-hydroxylation sites is 6. The summed E-state index contributed by atoms with van der Waals surface area (Å²) in [6.45, 7) is 0. The molecule has 0 atom stereocenters. The fourth-order valence-electron chi connectivity index (χ4n) is 10.6. The van der Waals surface area contributed by atoms with Crippen molar-refractivity contribution in [3.8, 4) is 33.8 Å². The van der Waals surface area contributed by atoms with Gasteiger partial charge in [-0.05, 0) is 119 Å². The molecule has 1 aliphatic carbocycles. The van der Waals surface area contributed by atoms with Gasteiger partial charge in [0.15, 0.2) is 0 Å². The number of rotatable bonds is 7. The highest BCUT2D eigenvalue weighted by Gasteiger charge is 2.51. The van der Waals surface area contributed by atoms with Crippen molar-refractivity contribution >= 4 is 56.1 Å². The van der Waals surface area contributed by atoms with Gasteiger partial charge in [-0.25, -0.2) is 0 Å². The lowest BCUT2D eigenvalue weighted by Gasteiger charge is -2.39. The minimum atomic E-state index is -0.550. The zero-order valence-electron chi connectivity index (χ0n) is 35.3. The Morgan fingerprint density at radius 3 is 1.49 bits per heavy atom. The third kappa shape index (κ3) is 5.71. The maximum Gasteiger partial charge on any atom is 0.143 e. The molecule has 0 fully saturated rings. The molecule has 0 bridgehead atoms. The van der Waals surface area contributed by atoms with Crippen LogP contribution in [-0.4, -0.2) is 0 Å². The Hall–Kier alpha value is -8.60. The highest BCUT2D eigenvalue weighted by molar-refractivity contribution is 6.09. The Kier molecular flexibility index (Phi) is 8.40. The van der Waals surface area contributed by atoms with Gasteiger partial charge in [-0.2, -0.15) is 0 Å². The van der Waals surface area contributed by atoms with Gasteiger partial charge in [0, 0.05) is 61.6 Å². The molecule has 4 nitrogen and oxygen atoms in total. The first-order valence-corrected chi connectivity index (χ1v) is 22.2. The highest BCUT2D eigenvalue weighted by Crippen LogP contribution is 2.62. The maximum atomic E-state index is 6.63. The average Bonchev–Trinajstić information content (AvgIpc) is 3.89. The van der Waals surface area contributed by atoms with Crippen molar-refractivity contribution in [1.82, 2.24) is 0 Å². The van der Waals surface area contributed by atoms with Gasteiger partial charge < -0.3 is 19.0 Å². The summed E-state index contributed by atoms with van der Waals surface area (Å²) in [5, 5.41) is 2.23. The van der Waals surface area contributed by atoms with E-state index in [1.807, 2.05) is 12.1 Å². The lowest BCUT2D eigenvalue weighted by molar-refractivity contribution is 0.436. The second kappa shape index (κ2) is 14.8. The normalized spacial score (nSPS) is 12.9. The number of ether oxygens (including phenoxy) is 1. The Labute approximate surface area is 377 Å². The lowest BCUT2D eigenvalue weighted by Crippen LogP contribution is -2.32. The van der Waals surface area contributed by atoms with Crippen LogP contribution in [0.2, 0.25) is 0 Å². The van der Waals surface area contributed by atoms with Crippen LogP contribution in [0, 0.1) is 0 Å². The molecule has 11 aromatic rings. The van der Waals surface area contributed by atoms with Gasteiger partial charge in [-0.15, -0.1) is 0 Å². The molecule has 10 aromatic carbocycles. The van der Waals surface area contributed by atoms with Gasteiger partial charge in [-0.3, -0.25) is 0 Å². The molecule has 0 radical (unpaired) electrons. The summed E-state index contributed by atoms with van der Waals surface area (Å²) >= 11 is 0. The van der Waals surface area contributed by atoms with Crippen LogP contribution in [0.4, 0.5) is 34.1 Å². The van der Waals surface area contributed by atoms with E-state index in [0.717, 1.165) is 89.8 Å². The van der Waals surface area contributed by atoms with E-state index in [2.05, 4.69) is 240 Å². The van der Waals surface area contributed by atoms with Gasteiger partial charge in [-0.1, -0.05) is 152 Å². The van der Waals surface area contributed by atoms with E-state index in [1.165, 1.54) is 22.3 Å². The van der Waals surface area contributed by atoms with Crippen LogP contribution in [0.5, 0.6) is 11.5 Å². The van der Waals surface area contributed by atoms with Gasteiger partial charge >= 0.3 is 0 Å². The molecule has 0 N–H and O–H groups in total. The molecular weight excluding hydrogens is 793 g/mol. The molecule has 4 heteroatoms. The largest absolute Gasteiger partial charge is 0.457 e. The van der Waals surface area contributed by atoms with Gasteiger partial charge in [0.2, 0.25) is 0 Å². The molecule has 0 saturated heterocycles. The Balaban J connectivity index is 1.01. The molecule has 0 unspecified atom stereocenters. The minimum absolute atomic E-state index is 0.550. The van der Waals surface area contributed by atoms with E-state index in [1.54, 1.807) is 0 Å². The van der Waals surface area contributed by atoms with Crippen LogP contribution in [0.1, 0.15) is 22.3 Å². The predicted molar refractivity (Wildman–Crippen MR) is 266 cm³/mol. The second-order valence-corrected chi connectivity index (χ2v) is 16.8. The van der Waals surface area contributed by atoms with Crippen LogP contribution >= 0.6 is 0 Å². The van der Waals surface area contributed by atoms with Crippen molar-refractivity contribution in [1.29, 1.82) is 0 Å². The summed E-state index contributed by atoms with van der Waals surface area (Å²) in [7, 11) is 0. The zero-order chi connectivity index (χ0) is 42.9. The first-order chi connectivity index (χ1) is 32.2. The third-order valence-electron chi connectivity index (χ3n) is 13.3. The van der Waals surface area contributed by atoms with Crippen molar-refractivity contribution in [2.45, 2.75) is 5.41 Å². The molecule has 13 rings (SSSR count). The molecule has 65 heavy (non-hydrogen) atoms. The monoisotopic (exact) mass is 832 g/mol. The third-order valence-corrected chi connectivity index (χ3v) is 13.3. The zero-order valence-corrected chi connectivity index (χ0v) is 35.3. The molecule has 0 amide bonds. The fraction of sp³-hybridized carbons (Fsp3) is 0.0164. The molecule has 1 spiro atoms. The highest BCUT2D eigenvalue weighted by atomic mass is 16.5. The van der Waals surface area contributed by atoms with Crippen molar-refractivity contribution in [2.75, 3.05) is 9.80 Å². The van der Waals surface area contributed by atoms with Crippen LogP contribution in [0.25, 0.3) is 44.2 Å². The number of hydrogen-bond donors (Lipinski definition) is 0. The number of fused-ring (bicyclic) bond motifs is 12. The van der Waals surface area contributed by atoms with E-state index >= 15 is 0 Å². The summed E-state index contributed by atoms with van der Waals surface area (Å²) < 4.78 is 13.2. The van der Waals surface area contributed by atoms with E-state index in [0.29, 0.717) is 0 Å². The lowest BCUT2D eigenvalue weighted by atomic mass is 9.66. The fourth-order valence-corrected chi connectivity index (χ4v) is 10.6. The Morgan fingerprint density at radius 1 is 0.308 bits per heavy atom. The predicted octanol–water partition coefficient (Wildman–Crippen LogP) is 16.7. The van der Waals surface area contributed by atoms with Crippen LogP contribution in [-0.2, 0) is 5.41 Å². The van der Waals surface area contributed by atoms with E-state index in [9.17, 15) is 0 Å². The smallest absolute Gasteiger partial charge is 0.143 e. The second-order valence-electron chi connectivity index (χ2n) is 16.8. The molecule has 0 saturated carbocycles. The summed E-state index contributed by atoms with van der Waals surface area (Å²) in [6.07, 6.45) is 0. The van der Waals surface area contributed by atoms with Crippen molar-refractivity contribution in [2.24, 2.45) is 0 Å². The van der Waals surface area contributed by atoms with E-state index < -0.39 is 5.41 Å². The van der Waals surface area contributed by atoms with Crippen LogP contribution in [0.3, 0.4) is 0 Å². The molecule has 1 aliphatic heterocycles. The summed E-state index contributed by atoms with van der Waals surface area (Å²) in [4.78, 5) is 4.69. The van der Waals surface area contributed by atoms with E-state index in [-0.39, 0.29) is 0 Å². The summed E-state index contributed by atoms with van der Waals surface area (Å²) in [5.41, 5.74) is 17.0. The molecule has 1 aromatic heterocycles. The van der Waals surface area contributed by atoms with Crippen molar-refractivity contribution in [3.05, 3.63) is 265 Å². The van der Waals surface area contributed by atoms with Crippen molar-refractivity contribution < 1.29 is 9.15 Å². The minimum Gasteiger partial charge on any atom is -0.457 e. The Morgan fingerprint density at radius 2 is 0.785 bits per heavy atom. The van der Waals surface area contributed by atoms with Gasteiger partial charge in [0.05, 0.1) is 5.41 Å².